The zero-order valence-electron chi connectivity index (χ0n) is 14.6. The first-order chi connectivity index (χ1) is 11.4. The van der Waals surface area contributed by atoms with E-state index in [1.54, 1.807) is 7.05 Å². The molecular formula is C17H26N6O. The number of nitrogens with one attached hydrogen (secondary N) is 2. The summed E-state index contributed by atoms with van der Waals surface area (Å²) in [7, 11) is 1.68. The van der Waals surface area contributed by atoms with Crippen LogP contribution in [-0.4, -0.2) is 43.0 Å². The van der Waals surface area contributed by atoms with E-state index in [1.165, 1.54) is 11.3 Å². The summed E-state index contributed by atoms with van der Waals surface area (Å²) >= 11 is 0. The number of nitrogens with zero attached hydrogens (tertiary/aromatic N) is 3. The number of amides is 2. The molecule has 1 aromatic carbocycles. The first-order valence-electron chi connectivity index (χ1n) is 8.18. The fraction of sp³-hybridized carbons (Fsp3) is 0.471. The molecule has 2 rings (SSSR count). The van der Waals surface area contributed by atoms with E-state index in [0.29, 0.717) is 0 Å². The van der Waals surface area contributed by atoms with Crippen molar-refractivity contribution in [3.63, 3.8) is 0 Å². The summed E-state index contributed by atoms with van der Waals surface area (Å²) in [6.07, 6.45) is 3.29. The Balaban J connectivity index is 1.99. The average Bonchev–Trinajstić information content (AvgIpc) is 2.54. The number of aryl methyl sites for hydroxylation is 2. The highest BCUT2D eigenvalue weighted by Crippen LogP contribution is 2.19. The van der Waals surface area contributed by atoms with Crippen LogP contribution in [0, 0.1) is 19.3 Å². The normalized spacial score (nSPS) is 15.1. The quantitative estimate of drug-likeness (QED) is 0.544. The Morgan fingerprint density at radius 2 is 1.96 bits per heavy atom. The van der Waals surface area contributed by atoms with E-state index in [4.69, 9.17) is 11.1 Å². The van der Waals surface area contributed by atoms with E-state index in [1.807, 2.05) is 36.9 Å². The van der Waals surface area contributed by atoms with Crippen molar-refractivity contribution in [3.05, 3.63) is 29.3 Å². The molecule has 24 heavy (non-hydrogen) atoms. The summed E-state index contributed by atoms with van der Waals surface area (Å²) in [4.78, 5) is 19.7. The Bertz CT molecular complexity index is 648. The predicted octanol–water partition coefficient (Wildman–Crippen LogP) is 2.18. The molecule has 7 heteroatoms. The highest BCUT2D eigenvalue weighted by atomic mass is 16.2. The number of carbonyl (C=O) groups excluding carboxylic acids is 1. The van der Waals surface area contributed by atoms with Gasteiger partial charge in [0.15, 0.2) is 0 Å². The van der Waals surface area contributed by atoms with Gasteiger partial charge in [0.2, 0.25) is 11.9 Å². The highest BCUT2D eigenvalue weighted by molar-refractivity contribution is 6.06. The fourth-order valence-electron chi connectivity index (χ4n) is 2.80. The molecule has 0 unspecified atom stereocenters. The summed E-state index contributed by atoms with van der Waals surface area (Å²) in [5, 5.41) is 10.5. The standard InChI is InChI=1S/C17H26N6O/c1-12-7-8-14(13(2)11-12)22(3)17(24)21-15(18)20-16(19)23-9-5-4-6-10-23/h7-8,11H,4-6,9-10H2,1-3H3,(H4,18,19,20,21,24). The van der Waals surface area contributed by atoms with E-state index < -0.39 is 0 Å². The number of anilines is 1. The zero-order chi connectivity index (χ0) is 17.7. The van der Waals surface area contributed by atoms with Gasteiger partial charge in [-0.2, -0.15) is 4.99 Å². The lowest BCUT2D eigenvalue weighted by Crippen LogP contribution is -2.46. The molecule has 1 fully saturated rings. The Morgan fingerprint density at radius 3 is 2.58 bits per heavy atom. The molecule has 130 valence electrons. The Kier molecular flexibility index (Phi) is 5.78. The number of carbonyl (C=O) groups is 1. The molecule has 4 N–H and O–H groups in total. The van der Waals surface area contributed by atoms with Crippen LogP contribution >= 0.6 is 0 Å². The van der Waals surface area contributed by atoms with Crippen molar-refractivity contribution in [1.29, 1.82) is 5.41 Å². The van der Waals surface area contributed by atoms with Crippen molar-refractivity contribution in [2.24, 2.45) is 10.7 Å². The van der Waals surface area contributed by atoms with Crippen molar-refractivity contribution < 1.29 is 4.79 Å². The summed E-state index contributed by atoms with van der Waals surface area (Å²) in [5.41, 5.74) is 8.73. The van der Waals surface area contributed by atoms with E-state index in [-0.39, 0.29) is 18.0 Å². The second kappa shape index (κ2) is 7.81. The van der Waals surface area contributed by atoms with Crippen LogP contribution in [0.4, 0.5) is 10.5 Å². The molecule has 1 heterocycles. The van der Waals surface area contributed by atoms with Gasteiger partial charge in [-0.15, -0.1) is 0 Å². The van der Waals surface area contributed by atoms with Crippen LogP contribution in [0.15, 0.2) is 23.2 Å². The molecule has 0 radical (unpaired) electrons. The Hall–Kier alpha value is -2.57. The lowest BCUT2D eigenvalue weighted by Gasteiger charge is -2.26. The van der Waals surface area contributed by atoms with Gasteiger partial charge in [0.25, 0.3) is 0 Å². The molecule has 1 aliphatic rings. The van der Waals surface area contributed by atoms with Crippen LogP contribution in [0.5, 0.6) is 0 Å². The minimum Gasteiger partial charge on any atom is -0.369 e. The summed E-state index contributed by atoms with van der Waals surface area (Å²) in [6.45, 7) is 5.58. The van der Waals surface area contributed by atoms with Crippen molar-refractivity contribution >= 4 is 23.6 Å². The van der Waals surface area contributed by atoms with Crippen molar-refractivity contribution in [1.82, 2.24) is 10.2 Å². The van der Waals surface area contributed by atoms with Gasteiger partial charge in [-0.25, -0.2) is 4.79 Å². The number of guanidine groups is 2. The van der Waals surface area contributed by atoms with Gasteiger partial charge in [0, 0.05) is 25.8 Å². The van der Waals surface area contributed by atoms with Crippen molar-refractivity contribution in [2.75, 3.05) is 25.0 Å². The molecule has 1 saturated heterocycles. The van der Waals surface area contributed by atoms with E-state index in [0.717, 1.165) is 42.7 Å². The van der Waals surface area contributed by atoms with Crippen LogP contribution < -0.4 is 16.0 Å². The highest BCUT2D eigenvalue weighted by Gasteiger charge is 2.16. The van der Waals surface area contributed by atoms with Gasteiger partial charge in [-0.3, -0.25) is 15.6 Å². The van der Waals surface area contributed by atoms with E-state index in [2.05, 4.69) is 10.3 Å². The molecule has 0 bridgehead atoms. The number of nitrogens with two attached hydrogens (primary N) is 1. The first kappa shape index (κ1) is 17.8. The van der Waals surface area contributed by atoms with Gasteiger partial charge >= 0.3 is 6.03 Å². The minimum absolute atomic E-state index is 0.0628. The first-order valence-corrected chi connectivity index (χ1v) is 8.18. The molecule has 1 aromatic rings. The second-order valence-corrected chi connectivity index (χ2v) is 6.15. The predicted molar refractivity (Wildman–Crippen MR) is 97.6 cm³/mol. The molecule has 7 nitrogen and oxygen atoms in total. The van der Waals surface area contributed by atoms with Gasteiger partial charge in [-0.1, -0.05) is 17.7 Å². The number of hydrogen-bond donors (Lipinski definition) is 3. The van der Waals surface area contributed by atoms with Gasteiger partial charge in [-0.05, 0) is 44.7 Å². The van der Waals surface area contributed by atoms with Crippen LogP contribution in [0.2, 0.25) is 0 Å². The lowest BCUT2D eigenvalue weighted by molar-refractivity contribution is 0.251. The zero-order valence-corrected chi connectivity index (χ0v) is 14.6. The smallest absolute Gasteiger partial charge is 0.328 e. The van der Waals surface area contributed by atoms with Crippen LogP contribution in [0.25, 0.3) is 0 Å². The van der Waals surface area contributed by atoms with Crippen molar-refractivity contribution in [3.8, 4) is 0 Å². The summed E-state index contributed by atoms with van der Waals surface area (Å²) in [6, 6.07) is 5.49. The maximum atomic E-state index is 12.3. The average molecular weight is 330 g/mol. The van der Waals surface area contributed by atoms with E-state index >= 15 is 0 Å². The monoisotopic (exact) mass is 330 g/mol. The molecule has 0 spiro atoms. The van der Waals surface area contributed by atoms with Gasteiger partial charge < -0.3 is 10.6 Å². The number of benzene rings is 1. The fourth-order valence-corrected chi connectivity index (χ4v) is 2.80. The maximum absolute atomic E-state index is 12.3. The van der Waals surface area contributed by atoms with Crippen molar-refractivity contribution in [2.45, 2.75) is 33.1 Å². The number of urea groups is 1. The molecule has 0 aromatic heterocycles. The van der Waals surface area contributed by atoms with Crippen LogP contribution in [0.3, 0.4) is 0 Å². The molecular weight excluding hydrogens is 304 g/mol. The molecule has 1 aliphatic heterocycles. The minimum atomic E-state index is -0.380. The molecule has 0 atom stereocenters. The number of likely N-dealkylation sites (tertiary alicyclic amines) is 1. The topological polar surface area (TPSA) is 97.8 Å². The third-order valence-corrected chi connectivity index (χ3v) is 4.14. The summed E-state index contributed by atoms with van der Waals surface area (Å²) in [5.74, 6) is 0.0360. The molecule has 0 aliphatic carbocycles. The number of piperidine rings is 1. The number of hydrogen-bond acceptors (Lipinski definition) is 2. The third kappa shape index (κ3) is 4.47. The second-order valence-electron chi connectivity index (χ2n) is 6.15. The Morgan fingerprint density at radius 1 is 1.29 bits per heavy atom. The molecule has 0 saturated carbocycles. The SMILES string of the molecule is Cc1ccc(N(C)C(=O)N/C(N)=N/C(=N)N2CCCCC2)c(C)c1. The third-order valence-electron chi connectivity index (χ3n) is 4.14. The molecule has 2 amide bonds. The van der Waals surface area contributed by atoms with Gasteiger partial charge in [0.05, 0.1) is 0 Å². The van der Waals surface area contributed by atoms with Crippen LogP contribution in [0.1, 0.15) is 30.4 Å². The van der Waals surface area contributed by atoms with Gasteiger partial charge in [0.1, 0.15) is 0 Å². The maximum Gasteiger partial charge on any atom is 0.328 e. The largest absolute Gasteiger partial charge is 0.369 e. The number of aliphatic imine (C=N–C) groups is 1. The number of rotatable bonds is 1. The summed E-state index contributed by atoms with van der Waals surface area (Å²) < 4.78 is 0. The van der Waals surface area contributed by atoms with Crippen LogP contribution in [-0.2, 0) is 0 Å². The lowest BCUT2D eigenvalue weighted by atomic mass is 10.1. The van der Waals surface area contributed by atoms with E-state index in [9.17, 15) is 4.79 Å². The Labute approximate surface area is 143 Å².